The van der Waals surface area contributed by atoms with Crippen molar-refractivity contribution in [3.63, 3.8) is 0 Å². The minimum Gasteiger partial charge on any atom is -0.354 e. The van der Waals surface area contributed by atoms with E-state index in [9.17, 15) is 14.0 Å². The normalized spacial score (nSPS) is 11.9. The predicted octanol–water partition coefficient (Wildman–Crippen LogP) is 5.93. The highest BCUT2D eigenvalue weighted by Gasteiger charge is 2.30. The van der Waals surface area contributed by atoms with Gasteiger partial charge >= 0.3 is 0 Å². The topological polar surface area (TPSA) is 49.4 Å². The summed E-state index contributed by atoms with van der Waals surface area (Å²) in [6, 6.07) is 25.4. The van der Waals surface area contributed by atoms with Crippen LogP contribution in [0, 0.1) is 11.7 Å². The standard InChI is InChI=1S/C30H35FN2O2/c1-4-28(30(35)32-20-22(2)3)33(21-23-15-17-26(31)18-16-23)29(34)19-27(24-11-7-5-8-12-24)25-13-9-6-10-14-25/h5-18,22,27-28H,4,19-21H2,1-3H3,(H,32,35)/t28-/m0/s1. The van der Waals surface area contributed by atoms with E-state index in [4.69, 9.17) is 0 Å². The van der Waals surface area contributed by atoms with Crippen LogP contribution in [0.2, 0.25) is 0 Å². The van der Waals surface area contributed by atoms with Gasteiger partial charge in [-0.1, -0.05) is 93.6 Å². The van der Waals surface area contributed by atoms with Gasteiger partial charge in [-0.3, -0.25) is 9.59 Å². The molecule has 3 aromatic rings. The van der Waals surface area contributed by atoms with Crippen molar-refractivity contribution in [1.29, 1.82) is 0 Å². The van der Waals surface area contributed by atoms with Crippen LogP contribution in [-0.4, -0.2) is 29.3 Å². The summed E-state index contributed by atoms with van der Waals surface area (Å²) >= 11 is 0. The summed E-state index contributed by atoms with van der Waals surface area (Å²) in [4.78, 5) is 28.7. The maximum Gasteiger partial charge on any atom is 0.242 e. The summed E-state index contributed by atoms with van der Waals surface area (Å²) in [5.41, 5.74) is 2.88. The number of halogens is 1. The molecule has 0 aliphatic rings. The lowest BCUT2D eigenvalue weighted by Gasteiger charge is -2.32. The molecular weight excluding hydrogens is 439 g/mol. The van der Waals surface area contributed by atoms with Crippen molar-refractivity contribution >= 4 is 11.8 Å². The molecule has 1 atom stereocenters. The summed E-state index contributed by atoms with van der Waals surface area (Å²) < 4.78 is 13.5. The zero-order valence-electron chi connectivity index (χ0n) is 20.8. The Hall–Kier alpha value is -3.47. The molecule has 0 fully saturated rings. The lowest BCUT2D eigenvalue weighted by molar-refractivity contribution is -0.141. The van der Waals surface area contributed by atoms with Crippen LogP contribution in [0.1, 0.15) is 56.2 Å². The first-order valence-corrected chi connectivity index (χ1v) is 12.3. The van der Waals surface area contributed by atoms with Gasteiger partial charge in [-0.25, -0.2) is 4.39 Å². The molecule has 0 aliphatic carbocycles. The monoisotopic (exact) mass is 474 g/mol. The average molecular weight is 475 g/mol. The maximum atomic E-state index is 13.9. The number of amides is 2. The quantitative estimate of drug-likeness (QED) is 0.375. The zero-order valence-corrected chi connectivity index (χ0v) is 20.8. The highest BCUT2D eigenvalue weighted by Crippen LogP contribution is 2.29. The van der Waals surface area contributed by atoms with E-state index < -0.39 is 6.04 Å². The fraction of sp³-hybridized carbons (Fsp3) is 0.333. The molecule has 0 bridgehead atoms. The minimum atomic E-state index is -0.613. The van der Waals surface area contributed by atoms with Gasteiger partial charge in [0.25, 0.3) is 0 Å². The Bertz CT molecular complexity index is 1030. The van der Waals surface area contributed by atoms with Gasteiger partial charge in [-0.2, -0.15) is 0 Å². The summed E-state index contributed by atoms with van der Waals surface area (Å²) in [7, 11) is 0. The van der Waals surface area contributed by atoms with Crippen molar-refractivity contribution in [3.05, 3.63) is 107 Å². The van der Waals surface area contributed by atoms with Gasteiger partial charge < -0.3 is 10.2 Å². The molecule has 5 heteroatoms. The third kappa shape index (κ3) is 7.51. The first kappa shape index (κ1) is 26.1. The molecule has 3 aromatic carbocycles. The molecule has 0 spiro atoms. The zero-order chi connectivity index (χ0) is 25.2. The van der Waals surface area contributed by atoms with Crippen LogP contribution in [0.15, 0.2) is 84.9 Å². The third-order valence-corrected chi connectivity index (χ3v) is 6.12. The molecule has 1 N–H and O–H groups in total. The van der Waals surface area contributed by atoms with Gasteiger partial charge in [0.2, 0.25) is 11.8 Å². The Morgan fingerprint density at radius 2 is 1.40 bits per heavy atom. The van der Waals surface area contributed by atoms with E-state index in [1.54, 1.807) is 17.0 Å². The smallest absolute Gasteiger partial charge is 0.242 e. The highest BCUT2D eigenvalue weighted by atomic mass is 19.1. The van der Waals surface area contributed by atoms with E-state index in [-0.39, 0.29) is 36.5 Å². The molecule has 3 rings (SSSR count). The Kier molecular flexibility index (Phi) is 9.59. The number of hydrogen-bond donors (Lipinski definition) is 1. The Balaban J connectivity index is 1.92. The van der Waals surface area contributed by atoms with E-state index in [1.807, 2.05) is 81.4 Å². The van der Waals surface area contributed by atoms with Crippen LogP contribution < -0.4 is 5.32 Å². The second kappa shape index (κ2) is 12.8. The van der Waals surface area contributed by atoms with Gasteiger partial charge in [0, 0.05) is 25.4 Å². The Labute approximate surface area is 208 Å². The van der Waals surface area contributed by atoms with Crippen LogP contribution >= 0.6 is 0 Å². The minimum absolute atomic E-state index is 0.112. The number of rotatable bonds is 11. The molecule has 0 unspecified atom stereocenters. The van der Waals surface area contributed by atoms with Crippen molar-refractivity contribution in [2.75, 3.05) is 6.54 Å². The summed E-state index contributed by atoms with van der Waals surface area (Å²) in [5, 5.41) is 2.99. The number of nitrogens with one attached hydrogen (secondary N) is 1. The molecule has 0 saturated heterocycles. The molecule has 35 heavy (non-hydrogen) atoms. The van der Waals surface area contributed by atoms with Crippen molar-refractivity contribution in [2.45, 2.75) is 52.1 Å². The molecule has 0 aliphatic heterocycles. The van der Waals surface area contributed by atoms with E-state index in [2.05, 4.69) is 5.32 Å². The summed E-state index contributed by atoms with van der Waals surface area (Å²) in [6.45, 7) is 6.77. The summed E-state index contributed by atoms with van der Waals surface area (Å²) in [6.07, 6.45) is 0.710. The Morgan fingerprint density at radius 1 is 0.857 bits per heavy atom. The number of carbonyl (C=O) groups excluding carboxylic acids is 2. The van der Waals surface area contributed by atoms with E-state index >= 15 is 0 Å². The van der Waals surface area contributed by atoms with Crippen LogP contribution in [0.4, 0.5) is 4.39 Å². The molecule has 0 aromatic heterocycles. The second-order valence-electron chi connectivity index (χ2n) is 9.29. The van der Waals surface area contributed by atoms with Crippen molar-refractivity contribution < 1.29 is 14.0 Å². The molecule has 4 nitrogen and oxygen atoms in total. The van der Waals surface area contributed by atoms with Crippen LogP contribution in [-0.2, 0) is 16.1 Å². The fourth-order valence-corrected chi connectivity index (χ4v) is 4.22. The first-order chi connectivity index (χ1) is 16.9. The van der Waals surface area contributed by atoms with Crippen LogP contribution in [0.3, 0.4) is 0 Å². The van der Waals surface area contributed by atoms with Crippen molar-refractivity contribution in [1.82, 2.24) is 10.2 Å². The average Bonchev–Trinajstić information content (AvgIpc) is 2.88. The van der Waals surface area contributed by atoms with Gasteiger partial charge in [0.1, 0.15) is 11.9 Å². The van der Waals surface area contributed by atoms with Crippen LogP contribution in [0.25, 0.3) is 0 Å². The van der Waals surface area contributed by atoms with E-state index in [1.165, 1.54) is 12.1 Å². The van der Waals surface area contributed by atoms with Crippen LogP contribution in [0.5, 0.6) is 0 Å². The largest absolute Gasteiger partial charge is 0.354 e. The number of benzene rings is 3. The molecule has 2 amide bonds. The van der Waals surface area contributed by atoms with Gasteiger partial charge in [-0.05, 0) is 41.2 Å². The summed E-state index contributed by atoms with van der Waals surface area (Å²) in [5.74, 6) is -0.442. The highest BCUT2D eigenvalue weighted by molar-refractivity contribution is 5.88. The van der Waals surface area contributed by atoms with Crippen molar-refractivity contribution in [3.8, 4) is 0 Å². The van der Waals surface area contributed by atoms with Crippen molar-refractivity contribution in [2.24, 2.45) is 5.92 Å². The third-order valence-electron chi connectivity index (χ3n) is 6.12. The fourth-order valence-electron chi connectivity index (χ4n) is 4.22. The lowest BCUT2D eigenvalue weighted by atomic mass is 9.88. The van der Waals surface area contributed by atoms with Gasteiger partial charge in [-0.15, -0.1) is 0 Å². The van der Waals surface area contributed by atoms with E-state index in [0.29, 0.717) is 18.9 Å². The predicted molar refractivity (Wildman–Crippen MR) is 138 cm³/mol. The second-order valence-corrected chi connectivity index (χ2v) is 9.29. The molecule has 0 saturated carbocycles. The Morgan fingerprint density at radius 3 is 1.89 bits per heavy atom. The van der Waals surface area contributed by atoms with E-state index in [0.717, 1.165) is 16.7 Å². The number of hydrogen-bond acceptors (Lipinski definition) is 2. The number of carbonyl (C=O) groups is 2. The maximum absolute atomic E-state index is 13.9. The SMILES string of the molecule is CC[C@@H](C(=O)NCC(C)C)N(Cc1ccc(F)cc1)C(=O)CC(c1ccccc1)c1ccccc1. The molecule has 0 radical (unpaired) electrons. The molecule has 184 valence electrons. The molecule has 0 heterocycles. The van der Waals surface area contributed by atoms with Gasteiger partial charge in [0.05, 0.1) is 0 Å². The van der Waals surface area contributed by atoms with Gasteiger partial charge in [0.15, 0.2) is 0 Å². The first-order valence-electron chi connectivity index (χ1n) is 12.3. The number of nitrogens with zero attached hydrogens (tertiary/aromatic N) is 1. The lowest BCUT2D eigenvalue weighted by Crippen LogP contribution is -2.49. The molecular formula is C30H35FN2O2.